The zero-order valence-electron chi connectivity index (χ0n) is 16.9. The maximum atomic E-state index is 14.4. The van der Waals surface area contributed by atoms with Gasteiger partial charge in [-0.3, -0.25) is 4.68 Å². The Morgan fingerprint density at radius 2 is 1.71 bits per heavy atom. The average Bonchev–Trinajstić information content (AvgIpc) is 3.22. The first-order valence-electron chi connectivity index (χ1n) is 9.36. The van der Waals surface area contributed by atoms with Crippen molar-refractivity contribution in [1.82, 2.24) is 19.7 Å². The van der Waals surface area contributed by atoms with Gasteiger partial charge >= 0.3 is 35.7 Å². The van der Waals surface area contributed by atoms with Crippen molar-refractivity contribution in [2.45, 2.75) is 32.4 Å². The van der Waals surface area contributed by atoms with Crippen molar-refractivity contribution >= 4 is 40.6 Å². The predicted molar refractivity (Wildman–Crippen MR) is 115 cm³/mol. The number of nitrogens with one attached hydrogen (secondary N) is 1. The Balaban J connectivity index is 0.00000272. The molecule has 0 aliphatic heterocycles. The summed E-state index contributed by atoms with van der Waals surface area (Å²) in [6.07, 6.45) is -4.67. The number of aromatic amines is 1. The van der Waals surface area contributed by atoms with Crippen LogP contribution in [0.15, 0.2) is 42.5 Å². The predicted octanol–water partition coefficient (Wildman–Crippen LogP) is 5.44. The number of halogens is 4. The van der Waals surface area contributed by atoms with Gasteiger partial charge in [0.05, 0.1) is 22.3 Å². The fourth-order valence-electron chi connectivity index (χ4n) is 3.39. The molecule has 0 aliphatic rings. The van der Waals surface area contributed by atoms with E-state index in [-0.39, 0.29) is 40.5 Å². The Bertz CT molecular complexity index is 1250. The summed E-state index contributed by atoms with van der Waals surface area (Å²) >= 11 is 0. The zero-order valence-corrected chi connectivity index (χ0v) is 16.9. The van der Waals surface area contributed by atoms with Gasteiger partial charge in [0.25, 0.3) is 0 Å². The number of benzene rings is 2. The van der Waals surface area contributed by atoms with Crippen LogP contribution in [0.1, 0.15) is 32.0 Å². The van der Waals surface area contributed by atoms with Crippen LogP contribution in [0.2, 0.25) is 0 Å². The number of rotatable bonds is 2. The van der Waals surface area contributed by atoms with E-state index in [2.05, 4.69) is 35.8 Å². The number of fused-ring (bicyclic) bond motifs is 1. The first kappa shape index (κ1) is 23.5. The van der Waals surface area contributed by atoms with Gasteiger partial charge in [-0.1, -0.05) is 32.9 Å². The number of aromatic nitrogens is 4. The molecule has 9 heteroatoms. The number of hydrogen-bond donors (Lipinski definition) is 1. The van der Waals surface area contributed by atoms with Crippen molar-refractivity contribution in [3.8, 4) is 22.6 Å². The molecule has 0 fully saturated rings. The number of alkyl halides is 3. The van der Waals surface area contributed by atoms with E-state index in [1.807, 2.05) is 6.07 Å². The molecule has 0 radical (unpaired) electrons. The van der Waals surface area contributed by atoms with Crippen LogP contribution in [0.5, 0.6) is 0 Å². The SMILES string of the molecule is Cn1nc(C(C)(C)C)cc1-c1nc2cc(-c3c(F)cccc3C(F)(F)F)ccc2[nH]1.[NaH]. The van der Waals surface area contributed by atoms with Crippen LogP contribution >= 0.6 is 0 Å². The quantitative estimate of drug-likeness (QED) is 0.333. The fraction of sp³-hybridized carbons (Fsp3) is 0.273. The summed E-state index contributed by atoms with van der Waals surface area (Å²) < 4.78 is 56.3. The molecule has 4 nitrogen and oxygen atoms in total. The van der Waals surface area contributed by atoms with Crippen LogP contribution in [0.25, 0.3) is 33.7 Å². The summed E-state index contributed by atoms with van der Waals surface area (Å²) in [5.41, 5.74) is 1.20. The summed E-state index contributed by atoms with van der Waals surface area (Å²) in [6.45, 7) is 6.16. The van der Waals surface area contributed by atoms with E-state index in [0.717, 1.165) is 29.6 Å². The molecule has 0 spiro atoms. The standard InChI is InChI=1S/C22H20F4N4.Na.H/c1-21(2,3)18-11-17(30(4)29-18)20-27-15-9-8-12(10-16(15)28-20)19-13(22(24,25)26)6-5-7-14(19)23;;/h5-11H,1-4H3,(H,27,28);;. The Morgan fingerprint density at radius 3 is 2.32 bits per heavy atom. The second-order valence-corrected chi connectivity index (χ2v) is 8.27. The molecule has 0 saturated carbocycles. The molecular weight excluding hydrogens is 419 g/mol. The molecule has 0 saturated heterocycles. The molecule has 2 heterocycles. The van der Waals surface area contributed by atoms with Crippen LogP contribution in [0, 0.1) is 5.82 Å². The van der Waals surface area contributed by atoms with Gasteiger partial charge in [0.2, 0.25) is 0 Å². The van der Waals surface area contributed by atoms with E-state index in [1.165, 1.54) is 12.1 Å². The molecule has 0 unspecified atom stereocenters. The van der Waals surface area contributed by atoms with Gasteiger partial charge in [-0.2, -0.15) is 18.3 Å². The summed E-state index contributed by atoms with van der Waals surface area (Å²) in [7, 11) is 1.80. The molecule has 0 bridgehead atoms. The third-order valence-corrected chi connectivity index (χ3v) is 4.98. The normalized spacial score (nSPS) is 12.3. The van der Waals surface area contributed by atoms with E-state index >= 15 is 0 Å². The summed E-state index contributed by atoms with van der Waals surface area (Å²) in [5, 5.41) is 4.53. The van der Waals surface area contributed by atoms with Crippen LogP contribution < -0.4 is 0 Å². The summed E-state index contributed by atoms with van der Waals surface area (Å²) in [5.74, 6) is -0.390. The van der Waals surface area contributed by atoms with Crippen LogP contribution in [-0.4, -0.2) is 49.3 Å². The zero-order chi connectivity index (χ0) is 21.8. The van der Waals surface area contributed by atoms with Gasteiger partial charge in [-0.25, -0.2) is 9.37 Å². The van der Waals surface area contributed by atoms with Gasteiger partial charge < -0.3 is 4.98 Å². The Labute approximate surface area is 199 Å². The van der Waals surface area contributed by atoms with Crippen molar-refractivity contribution in [3.05, 3.63) is 59.5 Å². The molecule has 4 rings (SSSR count). The molecule has 2 aromatic carbocycles. The molecule has 158 valence electrons. The van der Waals surface area contributed by atoms with Gasteiger partial charge in [-0.05, 0) is 35.9 Å². The average molecular weight is 440 g/mol. The first-order valence-corrected chi connectivity index (χ1v) is 9.36. The van der Waals surface area contributed by atoms with Crippen LogP contribution in [-0.2, 0) is 18.6 Å². The molecule has 0 aliphatic carbocycles. The van der Waals surface area contributed by atoms with Gasteiger partial charge in [0, 0.05) is 18.0 Å². The Kier molecular flexibility index (Phi) is 6.12. The topological polar surface area (TPSA) is 46.5 Å². The Morgan fingerprint density at radius 1 is 1.00 bits per heavy atom. The molecule has 4 aromatic rings. The molecule has 1 N–H and O–H groups in total. The summed E-state index contributed by atoms with van der Waals surface area (Å²) in [6, 6.07) is 9.41. The fourth-order valence-corrected chi connectivity index (χ4v) is 3.39. The van der Waals surface area contributed by atoms with E-state index in [1.54, 1.807) is 17.8 Å². The van der Waals surface area contributed by atoms with Crippen molar-refractivity contribution in [2.75, 3.05) is 0 Å². The van der Waals surface area contributed by atoms with Gasteiger partial charge in [0.15, 0.2) is 5.82 Å². The third-order valence-electron chi connectivity index (χ3n) is 4.98. The second kappa shape index (κ2) is 8.07. The number of hydrogen-bond acceptors (Lipinski definition) is 2. The molecule has 31 heavy (non-hydrogen) atoms. The number of imidazole rings is 1. The molecular formula is C22H21F4N4Na. The van der Waals surface area contributed by atoms with Crippen molar-refractivity contribution in [2.24, 2.45) is 7.05 Å². The van der Waals surface area contributed by atoms with Gasteiger partial charge in [0.1, 0.15) is 11.5 Å². The molecule has 0 amide bonds. The number of nitrogens with zero attached hydrogens (tertiary/aromatic N) is 3. The van der Waals surface area contributed by atoms with Crippen molar-refractivity contribution in [3.63, 3.8) is 0 Å². The second-order valence-electron chi connectivity index (χ2n) is 8.27. The van der Waals surface area contributed by atoms with E-state index in [9.17, 15) is 17.6 Å². The minimum absolute atomic E-state index is 0. The van der Waals surface area contributed by atoms with E-state index in [0.29, 0.717) is 16.9 Å². The number of aryl methyl sites for hydroxylation is 1. The molecule has 0 atom stereocenters. The summed E-state index contributed by atoms with van der Waals surface area (Å²) in [4.78, 5) is 7.69. The third kappa shape index (κ3) is 4.42. The maximum absolute atomic E-state index is 14.4. The number of H-pyrrole nitrogens is 1. The van der Waals surface area contributed by atoms with E-state index in [4.69, 9.17) is 0 Å². The minimum atomic E-state index is -4.67. The van der Waals surface area contributed by atoms with Crippen LogP contribution in [0.4, 0.5) is 17.6 Å². The van der Waals surface area contributed by atoms with E-state index < -0.39 is 23.1 Å². The van der Waals surface area contributed by atoms with Crippen molar-refractivity contribution < 1.29 is 17.6 Å². The first-order chi connectivity index (χ1) is 13.9. The monoisotopic (exact) mass is 440 g/mol. The Hall–Kier alpha value is -2.16. The van der Waals surface area contributed by atoms with Gasteiger partial charge in [-0.15, -0.1) is 0 Å². The van der Waals surface area contributed by atoms with Crippen LogP contribution in [0.3, 0.4) is 0 Å². The molecule has 2 aromatic heterocycles. The van der Waals surface area contributed by atoms with Crippen molar-refractivity contribution in [1.29, 1.82) is 0 Å².